The van der Waals surface area contributed by atoms with Gasteiger partial charge in [0.2, 0.25) is 0 Å². The third kappa shape index (κ3) is 5.03. The van der Waals surface area contributed by atoms with Crippen molar-refractivity contribution in [3.8, 4) is 5.75 Å². The van der Waals surface area contributed by atoms with Gasteiger partial charge in [0.25, 0.3) is 11.8 Å². The molecule has 3 aromatic rings. The van der Waals surface area contributed by atoms with E-state index in [2.05, 4.69) is 4.74 Å². The number of anilines is 1. The molecule has 2 fully saturated rings. The van der Waals surface area contributed by atoms with Gasteiger partial charge >= 0.3 is 12.3 Å². The molecule has 41 heavy (non-hydrogen) atoms. The second-order valence-corrected chi connectivity index (χ2v) is 10.7. The van der Waals surface area contributed by atoms with Crippen molar-refractivity contribution in [2.45, 2.75) is 56.6 Å². The summed E-state index contributed by atoms with van der Waals surface area (Å²) in [5, 5.41) is 9.77. The van der Waals surface area contributed by atoms with E-state index in [4.69, 9.17) is 0 Å². The van der Waals surface area contributed by atoms with Gasteiger partial charge in [0.05, 0.1) is 17.2 Å². The summed E-state index contributed by atoms with van der Waals surface area (Å²) in [7, 11) is 0. The van der Waals surface area contributed by atoms with Crippen LogP contribution < -0.4 is 9.64 Å². The third-order valence-corrected chi connectivity index (χ3v) is 8.20. The summed E-state index contributed by atoms with van der Waals surface area (Å²) < 4.78 is 41.9. The highest BCUT2D eigenvalue weighted by molar-refractivity contribution is 6.08. The maximum Gasteiger partial charge on any atom is 0.573 e. The molecule has 2 saturated carbocycles. The number of hydrogen-bond donors (Lipinski definition) is 1. The van der Waals surface area contributed by atoms with Gasteiger partial charge in [-0.3, -0.25) is 9.59 Å². The van der Waals surface area contributed by atoms with E-state index < -0.39 is 18.1 Å². The van der Waals surface area contributed by atoms with Gasteiger partial charge in [-0.15, -0.1) is 13.2 Å². The van der Waals surface area contributed by atoms with Crippen molar-refractivity contribution in [1.29, 1.82) is 0 Å². The lowest BCUT2D eigenvalue weighted by Crippen LogP contribution is -2.53. The molecule has 0 saturated heterocycles. The molecule has 7 nitrogen and oxygen atoms in total. The fraction of sp³-hybridized carbons (Fsp3) is 0.323. The van der Waals surface area contributed by atoms with E-state index >= 15 is 0 Å². The van der Waals surface area contributed by atoms with Crippen molar-refractivity contribution in [3.63, 3.8) is 0 Å². The SMILES string of the molecule is O=C(O)c1ccccc1C(=O)N(C1CC1)C1c2ccccc2N(C(=O)c2ccc(OC(F)(F)F)cc2)C2CCCC21. The lowest BCUT2D eigenvalue weighted by molar-refractivity contribution is -0.274. The first-order chi connectivity index (χ1) is 19.6. The first-order valence-electron chi connectivity index (χ1n) is 13.6. The molecular formula is C31H27F3N2O5. The third-order valence-electron chi connectivity index (χ3n) is 8.20. The molecule has 1 N–H and O–H groups in total. The Hall–Kier alpha value is -4.34. The number of aromatic carboxylic acids is 1. The number of alkyl halides is 3. The van der Waals surface area contributed by atoms with Crippen LogP contribution in [0.5, 0.6) is 5.75 Å². The molecule has 0 spiro atoms. The van der Waals surface area contributed by atoms with Crippen molar-refractivity contribution >= 4 is 23.5 Å². The number of amides is 2. The minimum atomic E-state index is -4.83. The van der Waals surface area contributed by atoms with E-state index in [1.54, 1.807) is 23.1 Å². The predicted octanol–water partition coefficient (Wildman–Crippen LogP) is 6.46. The van der Waals surface area contributed by atoms with Gasteiger partial charge < -0.3 is 19.6 Å². The Bertz CT molecular complexity index is 1500. The van der Waals surface area contributed by atoms with Gasteiger partial charge in [0.1, 0.15) is 5.75 Å². The highest BCUT2D eigenvalue weighted by atomic mass is 19.4. The molecule has 2 amide bonds. The number of nitrogens with zero attached hydrogens (tertiary/aromatic N) is 2. The molecule has 3 unspecified atom stereocenters. The monoisotopic (exact) mass is 564 g/mol. The van der Waals surface area contributed by atoms with E-state index in [1.807, 2.05) is 29.2 Å². The zero-order chi connectivity index (χ0) is 28.9. The summed E-state index contributed by atoms with van der Waals surface area (Å²) in [6.45, 7) is 0. The second-order valence-electron chi connectivity index (χ2n) is 10.7. The number of carbonyl (C=O) groups is 3. The summed E-state index contributed by atoms with van der Waals surface area (Å²) in [5.41, 5.74) is 1.76. The van der Waals surface area contributed by atoms with Crippen molar-refractivity contribution in [2.75, 3.05) is 4.90 Å². The summed E-state index contributed by atoms with van der Waals surface area (Å²) in [6, 6.07) is 17.9. The Morgan fingerprint density at radius 2 is 1.51 bits per heavy atom. The van der Waals surface area contributed by atoms with Crippen LogP contribution in [-0.2, 0) is 0 Å². The van der Waals surface area contributed by atoms with Crippen LogP contribution >= 0.6 is 0 Å². The number of para-hydroxylation sites is 1. The van der Waals surface area contributed by atoms with Crippen LogP contribution in [0.15, 0.2) is 72.8 Å². The fourth-order valence-electron chi connectivity index (χ4n) is 6.45. The van der Waals surface area contributed by atoms with Crippen LogP contribution in [0.2, 0.25) is 0 Å². The first-order valence-corrected chi connectivity index (χ1v) is 13.6. The number of carboxylic acid groups (broad SMARTS) is 1. The molecule has 0 bridgehead atoms. The molecule has 10 heteroatoms. The first kappa shape index (κ1) is 26.9. The normalized spacial score (nSPS) is 21.5. The number of carbonyl (C=O) groups excluding carboxylic acids is 2. The average molecular weight is 565 g/mol. The van der Waals surface area contributed by atoms with E-state index in [0.717, 1.165) is 43.4 Å². The lowest BCUT2D eigenvalue weighted by Gasteiger charge is -2.48. The molecule has 3 aromatic carbocycles. The molecule has 1 aliphatic heterocycles. The van der Waals surface area contributed by atoms with Gasteiger partial charge in [0, 0.05) is 29.3 Å². The van der Waals surface area contributed by atoms with Crippen molar-refractivity contribution in [2.24, 2.45) is 5.92 Å². The molecule has 6 rings (SSSR count). The fourth-order valence-corrected chi connectivity index (χ4v) is 6.45. The largest absolute Gasteiger partial charge is 0.573 e. The zero-order valence-electron chi connectivity index (χ0n) is 21.9. The Kier molecular flexibility index (Phi) is 6.71. The Morgan fingerprint density at radius 3 is 2.17 bits per heavy atom. The molecular weight excluding hydrogens is 537 g/mol. The molecule has 212 valence electrons. The maximum absolute atomic E-state index is 14.1. The second kappa shape index (κ2) is 10.2. The van der Waals surface area contributed by atoms with Crippen molar-refractivity contribution in [3.05, 3.63) is 95.1 Å². The van der Waals surface area contributed by atoms with Gasteiger partial charge in [-0.25, -0.2) is 4.79 Å². The summed E-state index contributed by atoms with van der Waals surface area (Å²) in [5.74, 6) is -2.35. The molecule has 1 heterocycles. The Balaban J connectivity index is 1.39. The maximum atomic E-state index is 14.1. The van der Waals surface area contributed by atoms with Crippen LogP contribution in [0.3, 0.4) is 0 Å². The quantitative estimate of drug-likeness (QED) is 0.372. The number of carboxylic acids is 1. The number of halogens is 3. The van der Waals surface area contributed by atoms with E-state index in [0.29, 0.717) is 12.1 Å². The lowest BCUT2D eigenvalue weighted by atomic mass is 9.81. The van der Waals surface area contributed by atoms with Gasteiger partial charge in [0.15, 0.2) is 0 Å². The summed E-state index contributed by atoms with van der Waals surface area (Å²) >= 11 is 0. The molecule has 2 aliphatic carbocycles. The molecule has 0 aromatic heterocycles. The van der Waals surface area contributed by atoms with Crippen LogP contribution in [0, 0.1) is 5.92 Å². The number of benzene rings is 3. The summed E-state index contributed by atoms with van der Waals surface area (Å²) in [6.07, 6.45) is -0.907. The van der Waals surface area contributed by atoms with Gasteiger partial charge in [-0.2, -0.15) is 0 Å². The van der Waals surface area contributed by atoms with Gasteiger partial charge in [-0.05, 0) is 73.7 Å². The minimum absolute atomic E-state index is 0.0351. The highest BCUT2D eigenvalue weighted by Crippen LogP contribution is 2.53. The molecule has 3 aliphatic rings. The van der Waals surface area contributed by atoms with E-state index in [1.165, 1.54) is 18.2 Å². The number of rotatable bonds is 6. The smallest absolute Gasteiger partial charge is 0.478 e. The predicted molar refractivity (Wildman–Crippen MR) is 143 cm³/mol. The van der Waals surface area contributed by atoms with Crippen LogP contribution in [0.1, 0.15) is 74.8 Å². The van der Waals surface area contributed by atoms with Gasteiger partial charge in [-0.1, -0.05) is 36.8 Å². The van der Waals surface area contributed by atoms with Crippen LogP contribution in [-0.4, -0.2) is 46.2 Å². The molecule has 0 radical (unpaired) electrons. The highest BCUT2D eigenvalue weighted by Gasteiger charge is 2.51. The number of ether oxygens (including phenoxy) is 1. The minimum Gasteiger partial charge on any atom is -0.478 e. The summed E-state index contributed by atoms with van der Waals surface area (Å²) in [4.78, 5) is 43.5. The van der Waals surface area contributed by atoms with Crippen LogP contribution in [0.4, 0.5) is 18.9 Å². The van der Waals surface area contributed by atoms with Crippen molar-refractivity contribution in [1.82, 2.24) is 4.90 Å². The van der Waals surface area contributed by atoms with E-state index in [-0.39, 0.29) is 52.5 Å². The Labute approximate surface area is 234 Å². The van der Waals surface area contributed by atoms with Crippen LogP contribution in [0.25, 0.3) is 0 Å². The average Bonchev–Trinajstić information content (AvgIpc) is 3.67. The zero-order valence-corrected chi connectivity index (χ0v) is 21.9. The topological polar surface area (TPSA) is 87.2 Å². The number of fused-ring (bicyclic) bond motifs is 2. The Morgan fingerprint density at radius 1 is 0.854 bits per heavy atom. The van der Waals surface area contributed by atoms with Crippen molar-refractivity contribution < 1.29 is 37.4 Å². The molecule has 3 atom stereocenters. The van der Waals surface area contributed by atoms with E-state index in [9.17, 15) is 32.7 Å². The number of hydrogen-bond acceptors (Lipinski definition) is 4. The standard InChI is InChI=1S/C31H27F3N2O5/c32-31(33,34)41-20-16-12-18(13-17-20)28(37)36-25-10-4-3-8-23(25)27(24-9-5-11-26(24)36)35(19-14-15-19)29(38)21-6-1-2-7-22(21)30(39)40/h1-4,6-8,10,12-13,16-17,19,24,26-27H,5,9,11,14-15H2,(H,39,40).